The third kappa shape index (κ3) is 10.5. The molecular formula is C44H64O6. The summed E-state index contributed by atoms with van der Waals surface area (Å²) in [6.07, 6.45) is 15.9. The molecule has 2 fully saturated rings. The van der Waals surface area contributed by atoms with Crippen LogP contribution in [-0.2, 0) is 25.5 Å². The average molecular weight is 689 g/mol. The maximum atomic E-state index is 12.6. The van der Waals surface area contributed by atoms with E-state index in [0.29, 0.717) is 11.8 Å². The van der Waals surface area contributed by atoms with E-state index in [4.69, 9.17) is 9.47 Å². The fourth-order valence-corrected chi connectivity index (χ4v) is 8.26. The lowest BCUT2D eigenvalue weighted by Crippen LogP contribution is -2.35. The third-order valence-corrected chi connectivity index (χ3v) is 11.8. The van der Waals surface area contributed by atoms with E-state index in [-0.39, 0.29) is 37.2 Å². The van der Waals surface area contributed by atoms with Crippen LogP contribution in [-0.4, -0.2) is 48.6 Å². The lowest BCUT2D eigenvalue weighted by atomic mass is 9.73. The zero-order valence-corrected chi connectivity index (χ0v) is 31.6. The zero-order chi connectivity index (χ0) is 36.3. The van der Waals surface area contributed by atoms with Crippen molar-refractivity contribution in [2.75, 3.05) is 26.4 Å². The van der Waals surface area contributed by atoms with Gasteiger partial charge in [-0.3, -0.25) is 4.79 Å². The molecule has 6 heteroatoms. The lowest BCUT2D eigenvalue weighted by molar-refractivity contribution is -0.159. The van der Waals surface area contributed by atoms with E-state index in [1.807, 2.05) is 0 Å². The van der Waals surface area contributed by atoms with Crippen LogP contribution in [0.3, 0.4) is 0 Å². The molecule has 2 aromatic rings. The number of aryl methyl sites for hydroxylation is 2. The molecule has 2 saturated carbocycles. The van der Waals surface area contributed by atoms with Crippen molar-refractivity contribution in [1.82, 2.24) is 0 Å². The quantitative estimate of drug-likeness (QED) is 0.0977. The summed E-state index contributed by atoms with van der Waals surface area (Å²) in [4.78, 5) is 24.9. The molecule has 2 N–H and O–H groups in total. The smallest absolute Gasteiger partial charge is 0.335 e. The van der Waals surface area contributed by atoms with Gasteiger partial charge in [-0.25, -0.2) is 4.79 Å². The molecule has 2 aromatic carbocycles. The Morgan fingerprint density at radius 1 is 0.840 bits per heavy atom. The van der Waals surface area contributed by atoms with Gasteiger partial charge in [0.1, 0.15) is 0 Å². The number of carbonyl (C=O) groups excluding carboxylic acids is 2. The molecule has 1 atom stereocenters. The molecule has 6 nitrogen and oxygen atoms in total. The van der Waals surface area contributed by atoms with Crippen LogP contribution in [0.5, 0.6) is 0 Å². The summed E-state index contributed by atoms with van der Waals surface area (Å²) >= 11 is 0. The number of hydrogen-bond acceptors (Lipinski definition) is 6. The number of aliphatic hydroxyl groups is 2. The minimum atomic E-state index is -0.999. The van der Waals surface area contributed by atoms with Crippen LogP contribution in [0, 0.1) is 30.1 Å². The van der Waals surface area contributed by atoms with E-state index in [2.05, 4.69) is 63.7 Å². The number of rotatable bonds is 17. The predicted octanol–water partition coefficient (Wildman–Crippen LogP) is 9.62. The second kappa shape index (κ2) is 19.0. The Labute approximate surface area is 302 Å². The monoisotopic (exact) mass is 688 g/mol. The normalized spacial score (nSPS) is 21.7. The van der Waals surface area contributed by atoms with Gasteiger partial charge in [-0.05, 0) is 136 Å². The molecule has 2 aliphatic rings. The lowest BCUT2D eigenvalue weighted by Gasteiger charge is -2.34. The minimum absolute atomic E-state index is 0.00191. The molecule has 0 spiro atoms. The topological polar surface area (TPSA) is 93.1 Å². The van der Waals surface area contributed by atoms with Gasteiger partial charge in [-0.1, -0.05) is 82.5 Å². The highest BCUT2D eigenvalue weighted by Gasteiger charge is 2.34. The van der Waals surface area contributed by atoms with Gasteiger partial charge < -0.3 is 19.7 Å². The van der Waals surface area contributed by atoms with Crippen LogP contribution in [0.1, 0.15) is 139 Å². The highest BCUT2D eigenvalue weighted by molar-refractivity contribution is 5.87. The van der Waals surface area contributed by atoms with Crippen molar-refractivity contribution in [3.8, 4) is 11.1 Å². The van der Waals surface area contributed by atoms with Crippen LogP contribution in [0.2, 0.25) is 0 Å². The van der Waals surface area contributed by atoms with Crippen molar-refractivity contribution in [1.29, 1.82) is 0 Å². The standard InChI is InChI=1S/C44H64O6/c1-7-9-10-11-32-12-14-36(15-13-32)41-23-21-38(25-33(41)8-2)37-20-22-40(30(3)24-37)35-18-16-34(17-19-35)39(27-49-42(47)31(4)26-45)28-50-43(48)44(5,6)29-46/h20-25,32,34-36,39,45-46H,4,7-19,26-29H2,1-3,5-6H3. The maximum absolute atomic E-state index is 12.6. The second-order valence-corrected chi connectivity index (χ2v) is 15.9. The van der Waals surface area contributed by atoms with Gasteiger partial charge in [0, 0.05) is 5.92 Å². The maximum Gasteiger partial charge on any atom is 0.335 e. The zero-order valence-electron chi connectivity index (χ0n) is 31.6. The first-order valence-electron chi connectivity index (χ1n) is 19.5. The molecule has 0 amide bonds. The van der Waals surface area contributed by atoms with Crippen LogP contribution < -0.4 is 0 Å². The molecular weight excluding hydrogens is 624 g/mol. The molecule has 0 bridgehead atoms. The van der Waals surface area contributed by atoms with Crippen molar-refractivity contribution in [2.24, 2.45) is 23.2 Å². The van der Waals surface area contributed by atoms with Crippen molar-refractivity contribution in [2.45, 2.75) is 130 Å². The first-order valence-corrected chi connectivity index (χ1v) is 19.5. The number of hydrogen-bond donors (Lipinski definition) is 2. The molecule has 0 aromatic heterocycles. The summed E-state index contributed by atoms with van der Waals surface area (Å²) < 4.78 is 11.1. The van der Waals surface area contributed by atoms with Crippen molar-refractivity contribution in [3.63, 3.8) is 0 Å². The Morgan fingerprint density at radius 3 is 2.04 bits per heavy atom. The molecule has 2 aliphatic carbocycles. The fraction of sp³-hybridized carbons (Fsp3) is 0.636. The van der Waals surface area contributed by atoms with Gasteiger partial charge in [-0.2, -0.15) is 0 Å². The Balaban J connectivity index is 1.38. The Morgan fingerprint density at radius 2 is 1.44 bits per heavy atom. The number of carbonyl (C=O) groups is 2. The summed E-state index contributed by atoms with van der Waals surface area (Å²) in [5.41, 5.74) is 7.38. The largest absolute Gasteiger partial charge is 0.465 e. The van der Waals surface area contributed by atoms with E-state index in [0.717, 1.165) is 38.0 Å². The van der Waals surface area contributed by atoms with Crippen molar-refractivity contribution in [3.05, 3.63) is 70.8 Å². The van der Waals surface area contributed by atoms with Gasteiger partial charge in [0.15, 0.2) is 0 Å². The van der Waals surface area contributed by atoms with Gasteiger partial charge >= 0.3 is 11.9 Å². The SMILES string of the molecule is C=C(CO)C(=O)OCC(COC(=O)C(C)(C)CO)C1CCC(c2ccc(-c3ccc(C4CCC(CCCCC)CC4)c(CC)c3)cc2C)CC1. The molecule has 0 heterocycles. The minimum Gasteiger partial charge on any atom is -0.465 e. The van der Waals surface area contributed by atoms with Crippen molar-refractivity contribution >= 4 is 11.9 Å². The highest BCUT2D eigenvalue weighted by Crippen LogP contribution is 2.42. The number of ether oxygens (including phenoxy) is 2. The Hall–Kier alpha value is -2.96. The molecule has 4 rings (SSSR count). The predicted molar refractivity (Wildman–Crippen MR) is 202 cm³/mol. The number of unbranched alkanes of at least 4 members (excludes halogenated alkanes) is 2. The summed E-state index contributed by atoms with van der Waals surface area (Å²) in [6.45, 7) is 13.1. The summed E-state index contributed by atoms with van der Waals surface area (Å²) in [5.74, 6) is 1.01. The van der Waals surface area contributed by atoms with Crippen LogP contribution >= 0.6 is 0 Å². The van der Waals surface area contributed by atoms with E-state index in [1.54, 1.807) is 19.4 Å². The number of aliphatic hydroxyl groups excluding tert-OH is 2. The van der Waals surface area contributed by atoms with Gasteiger partial charge in [-0.15, -0.1) is 0 Å². The Bertz CT molecular complexity index is 1410. The van der Waals surface area contributed by atoms with Gasteiger partial charge in [0.25, 0.3) is 0 Å². The summed E-state index contributed by atoms with van der Waals surface area (Å²) in [5, 5.41) is 18.9. The second-order valence-electron chi connectivity index (χ2n) is 15.9. The van der Waals surface area contributed by atoms with E-state index < -0.39 is 24.0 Å². The molecule has 0 radical (unpaired) electrons. The Kier molecular flexibility index (Phi) is 15.2. The summed E-state index contributed by atoms with van der Waals surface area (Å²) in [6, 6.07) is 14.2. The first kappa shape index (κ1) is 39.8. The van der Waals surface area contributed by atoms with E-state index >= 15 is 0 Å². The number of benzene rings is 2. The molecule has 1 unspecified atom stereocenters. The average Bonchev–Trinajstić information content (AvgIpc) is 3.14. The fourth-order valence-electron chi connectivity index (χ4n) is 8.26. The van der Waals surface area contributed by atoms with Crippen LogP contribution in [0.4, 0.5) is 0 Å². The van der Waals surface area contributed by atoms with E-state index in [1.165, 1.54) is 79.2 Å². The van der Waals surface area contributed by atoms with E-state index in [9.17, 15) is 19.8 Å². The number of esters is 2. The van der Waals surface area contributed by atoms with Gasteiger partial charge in [0.05, 0.1) is 37.4 Å². The molecule has 50 heavy (non-hydrogen) atoms. The van der Waals surface area contributed by atoms with Crippen LogP contribution in [0.25, 0.3) is 11.1 Å². The molecule has 0 saturated heterocycles. The first-order chi connectivity index (χ1) is 24.0. The third-order valence-electron chi connectivity index (χ3n) is 11.8. The van der Waals surface area contributed by atoms with Gasteiger partial charge in [0.2, 0.25) is 0 Å². The molecule has 0 aliphatic heterocycles. The summed E-state index contributed by atoms with van der Waals surface area (Å²) in [7, 11) is 0. The molecule has 276 valence electrons. The highest BCUT2D eigenvalue weighted by atomic mass is 16.5. The van der Waals surface area contributed by atoms with Crippen LogP contribution in [0.15, 0.2) is 48.6 Å². The van der Waals surface area contributed by atoms with Crippen molar-refractivity contribution < 1.29 is 29.3 Å².